The molecule has 3 aliphatic heterocycles. The van der Waals surface area contributed by atoms with E-state index < -0.39 is 29.3 Å². The number of aromatic hydroxyl groups is 1. The topological polar surface area (TPSA) is 98.7 Å². The molecule has 0 aromatic heterocycles. The Balaban J connectivity index is 1.48. The van der Waals surface area contributed by atoms with Gasteiger partial charge in [-0.2, -0.15) is 0 Å². The molecule has 7 nitrogen and oxygen atoms in total. The van der Waals surface area contributed by atoms with E-state index in [1.165, 1.54) is 4.90 Å². The monoisotopic (exact) mass is 473 g/mol. The number of rotatable bonds is 3. The Kier molecular flexibility index (Phi) is 4.56. The number of amides is 3. The summed E-state index contributed by atoms with van der Waals surface area (Å²) in [5, 5.41) is 16.5. The molecule has 3 heterocycles. The van der Waals surface area contributed by atoms with Crippen LogP contribution in [0.3, 0.4) is 0 Å². The van der Waals surface area contributed by atoms with E-state index in [2.05, 4.69) is 10.6 Å². The highest BCUT2D eigenvalue weighted by molar-refractivity contribution is 6.31. The van der Waals surface area contributed by atoms with Gasteiger partial charge >= 0.3 is 0 Å². The Morgan fingerprint density at radius 3 is 2.35 bits per heavy atom. The number of carbonyl (C=O) groups excluding carboxylic acids is 3. The molecule has 6 rings (SSSR count). The van der Waals surface area contributed by atoms with Crippen molar-refractivity contribution in [3.05, 3.63) is 88.9 Å². The van der Waals surface area contributed by atoms with Crippen molar-refractivity contribution >= 4 is 40.7 Å². The van der Waals surface area contributed by atoms with Crippen molar-refractivity contribution in [2.24, 2.45) is 11.8 Å². The van der Waals surface area contributed by atoms with E-state index in [0.717, 1.165) is 5.56 Å². The molecule has 2 fully saturated rings. The number of benzene rings is 3. The van der Waals surface area contributed by atoms with Crippen LogP contribution in [0.25, 0.3) is 0 Å². The maximum atomic E-state index is 13.9. The van der Waals surface area contributed by atoms with Crippen LogP contribution in [0, 0.1) is 11.8 Å². The predicted molar refractivity (Wildman–Crippen MR) is 126 cm³/mol. The van der Waals surface area contributed by atoms with Gasteiger partial charge in [0.2, 0.25) is 17.7 Å². The number of hydrogen-bond donors (Lipinski definition) is 3. The summed E-state index contributed by atoms with van der Waals surface area (Å²) in [7, 11) is 0. The van der Waals surface area contributed by atoms with Crippen molar-refractivity contribution in [2.45, 2.75) is 18.0 Å². The maximum Gasteiger partial charge on any atom is 0.250 e. The minimum atomic E-state index is -1.35. The van der Waals surface area contributed by atoms with Crippen molar-refractivity contribution in [1.29, 1.82) is 0 Å². The van der Waals surface area contributed by atoms with Gasteiger partial charge in [0.15, 0.2) is 0 Å². The second kappa shape index (κ2) is 7.41. The predicted octanol–water partition coefficient (Wildman–Crippen LogP) is 3.21. The van der Waals surface area contributed by atoms with E-state index in [1.807, 2.05) is 18.2 Å². The number of imide groups is 1. The fourth-order valence-corrected chi connectivity index (χ4v) is 5.79. The number of anilines is 2. The minimum absolute atomic E-state index is 0.141. The summed E-state index contributed by atoms with van der Waals surface area (Å²) in [6.45, 7) is 0. The number of halogens is 1. The molecule has 3 amide bonds. The molecule has 0 bridgehead atoms. The molecule has 1 spiro atoms. The van der Waals surface area contributed by atoms with Gasteiger partial charge in [0.1, 0.15) is 11.3 Å². The lowest BCUT2D eigenvalue weighted by Gasteiger charge is -2.29. The van der Waals surface area contributed by atoms with Crippen molar-refractivity contribution in [2.75, 3.05) is 10.2 Å². The summed E-state index contributed by atoms with van der Waals surface area (Å²) in [4.78, 5) is 42.3. The maximum absolute atomic E-state index is 13.9. The van der Waals surface area contributed by atoms with Gasteiger partial charge in [-0.15, -0.1) is 0 Å². The van der Waals surface area contributed by atoms with E-state index in [-0.39, 0.29) is 17.6 Å². The fourth-order valence-electron chi connectivity index (χ4n) is 5.66. The number of hydrogen-bond acceptors (Lipinski definition) is 5. The Hall–Kier alpha value is -3.68. The molecule has 0 radical (unpaired) electrons. The molecular weight excluding hydrogens is 454 g/mol. The van der Waals surface area contributed by atoms with Crippen LogP contribution in [-0.4, -0.2) is 28.9 Å². The van der Waals surface area contributed by atoms with Crippen molar-refractivity contribution in [3.63, 3.8) is 0 Å². The SMILES string of the molecule is O=C1[C@@H]2[C@H](Cc3ccc(O)cc3)N[C@]3(C(=O)Nc4ccccc43)[C@H]2C(=O)N1c1ccc(Cl)cc1. The summed E-state index contributed by atoms with van der Waals surface area (Å²) >= 11 is 6.02. The summed E-state index contributed by atoms with van der Waals surface area (Å²) in [6.07, 6.45) is 0.409. The van der Waals surface area contributed by atoms with Gasteiger partial charge in [0, 0.05) is 22.3 Å². The van der Waals surface area contributed by atoms with Crippen LogP contribution in [0.15, 0.2) is 72.8 Å². The molecule has 4 atom stereocenters. The highest BCUT2D eigenvalue weighted by atomic mass is 35.5. The standard InChI is InChI=1S/C26H20ClN3O4/c27-15-7-9-16(10-8-15)30-23(32)21-20(13-14-5-11-17(31)12-6-14)29-26(22(21)24(30)33)18-3-1-2-4-19(18)28-25(26)34/h1-12,20-22,29,31H,13H2,(H,28,34)/t20-,21+,22+,26-/m0/s1. The van der Waals surface area contributed by atoms with Crippen molar-refractivity contribution < 1.29 is 19.5 Å². The lowest BCUT2D eigenvalue weighted by molar-refractivity contribution is -0.130. The van der Waals surface area contributed by atoms with E-state index in [9.17, 15) is 19.5 Å². The van der Waals surface area contributed by atoms with Crippen LogP contribution in [0.5, 0.6) is 5.75 Å². The fraction of sp³-hybridized carbons (Fsp3) is 0.192. The van der Waals surface area contributed by atoms with E-state index >= 15 is 0 Å². The normalized spacial score (nSPS) is 27.3. The van der Waals surface area contributed by atoms with Gasteiger partial charge in [-0.3, -0.25) is 19.7 Å². The molecule has 3 aromatic carbocycles. The summed E-state index contributed by atoms with van der Waals surface area (Å²) in [6, 6.07) is 20.0. The molecule has 3 N–H and O–H groups in total. The molecule has 0 unspecified atom stereocenters. The molecule has 3 aromatic rings. The summed E-state index contributed by atoms with van der Waals surface area (Å²) in [5.41, 5.74) is 1.26. The number of fused-ring (bicyclic) bond motifs is 4. The Morgan fingerprint density at radius 1 is 0.912 bits per heavy atom. The van der Waals surface area contributed by atoms with E-state index in [4.69, 9.17) is 11.6 Å². The van der Waals surface area contributed by atoms with Crippen LogP contribution in [-0.2, 0) is 26.3 Å². The first-order valence-corrected chi connectivity index (χ1v) is 11.4. The van der Waals surface area contributed by atoms with E-state index in [1.54, 1.807) is 54.6 Å². The molecular formula is C26H20ClN3O4. The highest BCUT2D eigenvalue weighted by Gasteiger charge is 2.70. The molecule has 0 aliphatic carbocycles. The number of nitrogens with zero attached hydrogens (tertiary/aromatic N) is 1. The van der Waals surface area contributed by atoms with Crippen molar-refractivity contribution in [1.82, 2.24) is 5.32 Å². The first-order valence-electron chi connectivity index (χ1n) is 11.0. The first-order chi connectivity index (χ1) is 16.4. The average molecular weight is 474 g/mol. The smallest absolute Gasteiger partial charge is 0.250 e. The van der Waals surface area contributed by atoms with Gasteiger partial charge in [0.05, 0.1) is 17.5 Å². The Labute approximate surface area is 200 Å². The third kappa shape index (κ3) is 2.84. The Bertz CT molecular complexity index is 1340. The van der Waals surface area contributed by atoms with Crippen molar-refractivity contribution in [3.8, 4) is 5.75 Å². The van der Waals surface area contributed by atoms with Crippen LogP contribution < -0.4 is 15.5 Å². The van der Waals surface area contributed by atoms with E-state index in [0.29, 0.717) is 28.4 Å². The molecule has 0 saturated carbocycles. The third-order valence-electron chi connectivity index (χ3n) is 7.10. The number of phenols is 1. The van der Waals surface area contributed by atoms with Gasteiger partial charge in [-0.1, -0.05) is 41.9 Å². The second-order valence-corrected chi connectivity index (χ2v) is 9.36. The molecule has 170 valence electrons. The zero-order chi connectivity index (χ0) is 23.6. The van der Waals surface area contributed by atoms with Crippen LogP contribution in [0.2, 0.25) is 5.02 Å². The lowest BCUT2D eigenvalue weighted by atomic mass is 9.76. The quantitative estimate of drug-likeness (QED) is 0.507. The largest absolute Gasteiger partial charge is 0.508 e. The van der Waals surface area contributed by atoms with Crippen LogP contribution in [0.4, 0.5) is 11.4 Å². The molecule has 8 heteroatoms. The van der Waals surface area contributed by atoms with Gasteiger partial charge in [-0.05, 0) is 54.4 Å². The molecule has 2 saturated heterocycles. The number of para-hydroxylation sites is 1. The van der Waals surface area contributed by atoms with Gasteiger partial charge in [-0.25, -0.2) is 4.90 Å². The first kappa shape index (κ1) is 20.9. The van der Waals surface area contributed by atoms with Crippen LogP contribution >= 0.6 is 11.6 Å². The number of carbonyl (C=O) groups is 3. The third-order valence-corrected chi connectivity index (χ3v) is 7.35. The molecule has 34 heavy (non-hydrogen) atoms. The minimum Gasteiger partial charge on any atom is -0.508 e. The molecule has 3 aliphatic rings. The van der Waals surface area contributed by atoms with Gasteiger partial charge in [0.25, 0.3) is 0 Å². The second-order valence-electron chi connectivity index (χ2n) is 8.92. The highest BCUT2D eigenvalue weighted by Crippen LogP contribution is 2.53. The Morgan fingerprint density at radius 2 is 1.62 bits per heavy atom. The summed E-state index contributed by atoms with van der Waals surface area (Å²) in [5.74, 6) is -2.60. The summed E-state index contributed by atoms with van der Waals surface area (Å²) < 4.78 is 0. The lowest BCUT2D eigenvalue weighted by Crippen LogP contribution is -2.53. The zero-order valence-electron chi connectivity index (χ0n) is 17.9. The van der Waals surface area contributed by atoms with Crippen LogP contribution in [0.1, 0.15) is 11.1 Å². The number of nitrogens with one attached hydrogen (secondary N) is 2. The number of phenolic OH excluding ortho intramolecular Hbond substituents is 1. The average Bonchev–Trinajstić information content (AvgIpc) is 3.41. The van der Waals surface area contributed by atoms with Gasteiger partial charge < -0.3 is 10.4 Å². The zero-order valence-corrected chi connectivity index (χ0v) is 18.6.